The minimum Gasteiger partial charge on any atom is -0.456 e. The molecule has 3 aliphatic carbocycles. The molecule has 2 aromatic rings. The number of benzene rings is 2. The Balaban J connectivity index is 1.70. The third-order valence-corrected chi connectivity index (χ3v) is 12.3. The fourth-order valence-electron chi connectivity index (χ4n) is 9.26. The second-order valence-electron chi connectivity index (χ2n) is 17.4. The number of Topliss-reactive ketones (excluding diaryl/α,β-unsaturated/α-hetero) is 1. The first-order chi connectivity index (χ1) is 27.4. The van der Waals surface area contributed by atoms with Gasteiger partial charge in [0, 0.05) is 25.2 Å². The van der Waals surface area contributed by atoms with Crippen LogP contribution in [0.5, 0.6) is 0 Å². The van der Waals surface area contributed by atoms with Gasteiger partial charge in [-0.1, -0.05) is 62.4 Å². The minimum atomic E-state index is -2.55. The fraction of sp³-hybridized carbons (Fsp3) is 0.558. The van der Waals surface area contributed by atoms with Gasteiger partial charge in [0.2, 0.25) is 0 Å². The molecule has 0 aromatic heterocycles. The summed E-state index contributed by atoms with van der Waals surface area (Å²) in [6, 6.07) is 14.1. The highest BCUT2D eigenvalue weighted by Gasteiger charge is 2.75. The Kier molecular flexibility index (Phi) is 12.6. The lowest BCUT2D eigenvalue weighted by atomic mass is 9.45. The molecule has 11 atom stereocenters. The van der Waals surface area contributed by atoms with Crippen LogP contribution in [0.3, 0.4) is 0 Å². The minimum absolute atomic E-state index is 0.0266. The number of carbonyl (C=O) groups excluding carboxylic acids is 5. The first-order valence-electron chi connectivity index (χ1n) is 19.4. The van der Waals surface area contributed by atoms with E-state index >= 15 is 0 Å². The topological polar surface area (TPSA) is 256 Å². The van der Waals surface area contributed by atoms with Gasteiger partial charge in [-0.15, -0.1) is 0 Å². The van der Waals surface area contributed by atoms with Crippen LogP contribution in [-0.4, -0.2) is 120 Å². The molecule has 0 unspecified atom stereocenters. The summed E-state index contributed by atoms with van der Waals surface area (Å²) in [5, 5.41) is 74.0. The average molecular weight is 826 g/mol. The fourth-order valence-corrected chi connectivity index (χ4v) is 9.26. The van der Waals surface area contributed by atoms with E-state index in [2.05, 4.69) is 5.32 Å². The molecule has 16 nitrogen and oxygen atoms in total. The van der Waals surface area contributed by atoms with Crippen LogP contribution < -0.4 is 5.32 Å². The highest BCUT2D eigenvalue weighted by Crippen LogP contribution is 2.62. The van der Waals surface area contributed by atoms with Crippen molar-refractivity contribution in [2.45, 2.75) is 128 Å². The van der Waals surface area contributed by atoms with Crippen LogP contribution in [0.25, 0.3) is 0 Å². The summed E-state index contributed by atoms with van der Waals surface area (Å²) in [6.07, 6.45) is -13.9. The van der Waals surface area contributed by atoms with E-state index < -0.39 is 125 Å². The van der Waals surface area contributed by atoms with Gasteiger partial charge in [0.25, 0.3) is 0 Å². The normalized spacial score (nSPS) is 32.6. The summed E-state index contributed by atoms with van der Waals surface area (Å²) in [5.74, 6) is -6.48. The molecule has 3 aliphatic rings. The van der Waals surface area contributed by atoms with Gasteiger partial charge in [-0.25, -0.2) is 14.4 Å². The molecule has 2 bridgehead atoms. The zero-order valence-electron chi connectivity index (χ0n) is 34.4. The number of ketones is 1. The number of aliphatic hydroxyl groups is 6. The number of esters is 3. The molecule has 5 rings (SSSR count). The van der Waals surface area contributed by atoms with E-state index in [1.807, 2.05) is 0 Å². The van der Waals surface area contributed by atoms with Gasteiger partial charge in [0.1, 0.15) is 29.5 Å². The molecule has 2 saturated carbocycles. The Bertz CT molecular complexity index is 1960. The second-order valence-corrected chi connectivity index (χ2v) is 17.4. The van der Waals surface area contributed by atoms with Crippen LogP contribution in [0.15, 0.2) is 71.8 Å². The number of hydrogen-bond donors (Lipinski definition) is 7. The molecule has 0 aliphatic heterocycles. The molecule has 1 amide bonds. The van der Waals surface area contributed by atoms with Crippen molar-refractivity contribution in [3.05, 3.63) is 82.9 Å². The molecule has 7 N–H and O–H groups in total. The van der Waals surface area contributed by atoms with E-state index in [9.17, 15) is 54.6 Å². The molecule has 59 heavy (non-hydrogen) atoms. The molecule has 2 fully saturated rings. The third-order valence-electron chi connectivity index (χ3n) is 12.3. The van der Waals surface area contributed by atoms with E-state index in [0.29, 0.717) is 5.56 Å². The first-order valence-corrected chi connectivity index (χ1v) is 19.4. The number of nitrogens with one attached hydrogen (secondary N) is 1. The quantitative estimate of drug-likeness (QED) is 0.109. The van der Waals surface area contributed by atoms with Crippen LogP contribution in [0, 0.1) is 16.7 Å². The van der Waals surface area contributed by atoms with Gasteiger partial charge in [-0.3, -0.25) is 9.59 Å². The van der Waals surface area contributed by atoms with Crippen molar-refractivity contribution in [3.63, 3.8) is 0 Å². The number of carbonyl (C=O) groups is 5. The van der Waals surface area contributed by atoms with Crippen LogP contribution >= 0.6 is 0 Å². The zero-order valence-corrected chi connectivity index (χ0v) is 34.4. The molecule has 16 heteroatoms. The van der Waals surface area contributed by atoms with E-state index in [0.717, 1.165) is 6.92 Å². The maximum atomic E-state index is 14.9. The molecule has 0 spiro atoms. The van der Waals surface area contributed by atoms with Crippen LogP contribution in [0.2, 0.25) is 0 Å². The van der Waals surface area contributed by atoms with Crippen molar-refractivity contribution in [2.24, 2.45) is 16.7 Å². The highest BCUT2D eigenvalue weighted by molar-refractivity contribution is 5.94. The maximum Gasteiger partial charge on any atom is 0.408 e. The number of aliphatic hydroxyl groups excluding tert-OH is 5. The van der Waals surface area contributed by atoms with Crippen molar-refractivity contribution in [1.29, 1.82) is 0 Å². The summed E-state index contributed by atoms with van der Waals surface area (Å²) in [5.41, 5.74) is -9.95. The Morgan fingerprint density at radius 2 is 1.49 bits per heavy atom. The summed E-state index contributed by atoms with van der Waals surface area (Å²) >= 11 is 0. The lowest BCUT2D eigenvalue weighted by Crippen LogP contribution is -2.78. The number of fused-ring (bicyclic) bond motifs is 3. The Morgan fingerprint density at radius 1 is 0.915 bits per heavy atom. The SMILES string of the molecule is CC(=O)O[C@@]1(CO)[C@H](O)C[C@H](O)[C@@]2(C)C(=O)[C@H](O)C3=C(C)[C@@H](OC(=O)[C@H](O)[C@@H](NC(=O)OC(C)(C)C)c4ccccc4)C[C@@](O)([C@@H](OC(=O)c4ccccc4)[C@H]12)C3(C)C. The van der Waals surface area contributed by atoms with E-state index in [1.165, 1.54) is 52.0 Å². The molecular weight excluding hydrogens is 770 g/mol. The van der Waals surface area contributed by atoms with Gasteiger partial charge >= 0.3 is 24.0 Å². The summed E-state index contributed by atoms with van der Waals surface area (Å²) in [7, 11) is 0. The van der Waals surface area contributed by atoms with E-state index in [4.69, 9.17) is 18.9 Å². The lowest BCUT2D eigenvalue weighted by Gasteiger charge is -2.64. The number of hydrogen-bond acceptors (Lipinski definition) is 15. The molecule has 2 aromatic carbocycles. The van der Waals surface area contributed by atoms with Crippen LogP contribution in [-0.2, 0) is 33.3 Å². The molecule has 0 saturated heterocycles. The van der Waals surface area contributed by atoms with E-state index in [-0.39, 0.29) is 16.7 Å². The van der Waals surface area contributed by atoms with Gasteiger partial charge in [0.15, 0.2) is 17.5 Å². The number of ether oxygens (including phenoxy) is 4. The Morgan fingerprint density at radius 3 is 2.03 bits per heavy atom. The van der Waals surface area contributed by atoms with Gasteiger partial charge < -0.3 is 54.9 Å². The smallest absolute Gasteiger partial charge is 0.408 e. The molecular formula is C43H55NO15. The van der Waals surface area contributed by atoms with Crippen LogP contribution in [0.1, 0.15) is 90.2 Å². The number of amides is 1. The lowest BCUT2D eigenvalue weighted by molar-refractivity contribution is -0.290. The second kappa shape index (κ2) is 16.4. The summed E-state index contributed by atoms with van der Waals surface area (Å²) in [4.78, 5) is 68.8. The van der Waals surface area contributed by atoms with Gasteiger partial charge in [-0.05, 0) is 63.5 Å². The third kappa shape index (κ3) is 8.01. The van der Waals surface area contributed by atoms with E-state index in [1.54, 1.807) is 57.2 Å². The summed E-state index contributed by atoms with van der Waals surface area (Å²) < 4.78 is 23.2. The van der Waals surface area contributed by atoms with Crippen molar-refractivity contribution in [2.75, 3.05) is 6.61 Å². The monoisotopic (exact) mass is 825 g/mol. The predicted molar refractivity (Wildman–Crippen MR) is 207 cm³/mol. The molecule has 322 valence electrons. The van der Waals surface area contributed by atoms with Gasteiger partial charge in [-0.2, -0.15) is 0 Å². The summed E-state index contributed by atoms with van der Waals surface area (Å²) in [6.45, 7) is 10.2. The van der Waals surface area contributed by atoms with Crippen LogP contribution in [0.4, 0.5) is 4.79 Å². The van der Waals surface area contributed by atoms with Gasteiger partial charge in [0.05, 0.1) is 41.8 Å². The maximum absolute atomic E-state index is 14.9. The largest absolute Gasteiger partial charge is 0.456 e. The molecule has 0 radical (unpaired) electrons. The average Bonchev–Trinajstić information content (AvgIpc) is 3.16. The predicted octanol–water partition coefficient (Wildman–Crippen LogP) is 2.21. The standard InChI is InChI=1S/C43H55NO15/c1-22-26(56-37(53)32(50)30(24-15-11-9-12-16-24)44-38(54)59-39(3,4)5)20-43(55)35(57-36(52)25-17-13-10-14-18-25)33-41(8,34(51)31(49)29(22)40(43,6)7)27(47)19-28(48)42(33,21-45)58-23(2)46/h9-18,26-28,30-33,35,45,47-50,55H,19-21H2,1-8H3,(H,44,54)/t26-,27-,28+,30-,31+,32+,33-,35-,41+,42-,43+/m0/s1. The Hall–Kier alpha value is -4.71. The Labute approximate surface area is 342 Å². The highest BCUT2D eigenvalue weighted by atomic mass is 16.6. The number of alkyl carbamates (subject to hydrolysis) is 1. The zero-order chi connectivity index (χ0) is 44.0. The van der Waals surface area contributed by atoms with Crippen molar-refractivity contribution >= 4 is 29.8 Å². The van der Waals surface area contributed by atoms with Crippen molar-refractivity contribution < 1.29 is 73.6 Å². The first kappa shape index (κ1) is 45.4. The number of rotatable bonds is 9. The van der Waals surface area contributed by atoms with Crippen molar-refractivity contribution in [1.82, 2.24) is 5.32 Å². The molecule has 0 heterocycles. The van der Waals surface area contributed by atoms with Crippen molar-refractivity contribution in [3.8, 4) is 0 Å².